The van der Waals surface area contributed by atoms with E-state index in [4.69, 9.17) is 4.55 Å². The second-order valence-corrected chi connectivity index (χ2v) is 8.03. The number of piperidine rings is 1. The molecular weight excluding hydrogens is 382 g/mol. The van der Waals surface area contributed by atoms with E-state index >= 15 is 0 Å². The number of carbonyl (C=O) groups is 3. The minimum Gasteiger partial charge on any atom is -0.309 e. The van der Waals surface area contributed by atoms with Gasteiger partial charge in [0.1, 0.15) is 6.04 Å². The lowest BCUT2D eigenvalue weighted by molar-refractivity contribution is -0.132. The van der Waals surface area contributed by atoms with Crippen LogP contribution in [0.1, 0.15) is 32.1 Å². The van der Waals surface area contributed by atoms with Crippen molar-refractivity contribution in [3.05, 3.63) is 0 Å². The first-order chi connectivity index (χ1) is 12.7. The molecule has 0 aliphatic carbocycles. The van der Waals surface area contributed by atoms with Crippen molar-refractivity contribution in [1.29, 1.82) is 0 Å². The summed E-state index contributed by atoms with van der Waals surface area (Å²) >= 11 is 0. The lowest BCUT2D eigenvalue weighted by atomic mass is 10.0. The molecule has 0 aromatic carbocycles. The van der Waals surface area contributed by atoms with Crippen LogP contribution in [0.15, 0.2) is 0 Å². The van der Waals surface area contributed by atoms with Gasteiger partial charge in [0.25, 0.3) is 5.91 Å². The van der Waals surface area contributed by atoms with Crippen LogP contribution in [-0.2, 0) is 24.3 Å². The SMILES string of the molecule is CN1CCCC1CC(=O)NNC(=O)[C@@H]1CC[C@@H]2CN1C(=O)N2OS(=O)(=O)O. The molecule has 3 rings (SSSR count). The number of hydroxylamine groups is 2. The molecule has 0 radical (unpaired) electrons. The number of nitrogens with one attached hydrogen (secondary N) is 2. The van der Waals surface area contributed by atoms with Crippen LogP contribution in [0.2, 0.25) is 0 Å². The molecular formula is C14H23N5O7S. The van der Waals surface area contributed by atoms with Crippen LogP contribution in [0, 0.1) is 0 Å². The van der Waals surface area contributed by atoms with Crippen molar-refractivity contribution in [2.45, 2.75) is 50.2 Å². The van der Waals surface area contributed by atoms with E-state index in [-0.39, 0.29) is 31.3 Å². The van der Waals surface area contributed by atoms with Gasteiger partial charge >= 0.3 is 16.4 Å². The van der Waals surface area contributed by atoms with Gasteiger partial charge in [0.15, 0.2) is 0 Å². The lowest BCUT2D eigenvalue weighted by Crippen LogP contribution is -2.54. The van der Waals surface area contributed by atoms with E-state index in [1.165, 1.54) is 0 Å². The van der Waals surface area contributed by atoms with Crippen molar-refractivity contribution in [2.75, 3.05) is 20.1 Å². The molecule has 0 aromatic rings. The van der Waals surface area contributed by atoms with Gasteiger partial charge in [-0.1, -0.05) is 0 Å². The number of amides is 4. The van der Waals surface area contributed by atoms with Crippen LogP contribution in [0.3, 0.4) is 0 Å². The van der Waals surface area contributed by atoms with Gasteiger partial charge in [0, 0.05) is 19.0 Å². The van der Waals surface area contributed by atoms with Crippen LogP contribution in [0.4, 0.5) is 4.79 Å². The zero-order chi connectivity index (χ0) is 19.8. The highest BCUT2D eigenvalue weighted by Crippen LogP contribution is 2.30. The fourth-order valence-electron chi connectivity index (χ4n) is 3.82. The van der Waals surface area contributed by atoms with Gasteiger partial charge in [-0.05, 0) is 39.3 Å². The molecule has 13 heteroatoms. The van der Waals surface area contributed by atoms with Crippen LogP contribution in [-0.4, -0.2) is 83.9 Å². The minimum absolute atomic E-state index is 0.0905. The topological polar surface area (TPSA) is 149 Å². The first kappa shape index (κ1) is 19.8. The average molecular weight is 405 g/mol. The number of rotatable bonds is 5. The number of likely N-dealkylation sites (tertiary alicyclic amines) is 1. The Balaban J connectivity index is 1.52. The number of nitrogens with zero attached hydrogens (tertiary/aromatic N) is 3. The zero-order valence-corrected chi connectivity index (χ0v) is 15.6. The molecule has 2 bridgehead atoms. The van der Waals surface area contributed by atoms with Crippen molar-refractivity contribution in [3.63, 3.8) is 0 Å². The number of urea groups is 1. The van der Waals surface area contributed by atoms with Gasteiger partial charge in [-0.25, -0.2) is 4.79 Å². The Kier molecular flexibility index (Phi) is 5.55. The molecule has 12 nitrogen and oxygen atoms in total. The molecule has 0 saturated carbocycles. The quantitative estimate of drug-likeness (QED) is 0.374. The molecule has 0 spiro atoms. The molecule has 0 aromatic heterocycles. The van der Waals surface area contributed by atoms with Crippen molar-refractivity contribution >= 4 is 28.2 Å². The normalized spacial score (nSPS) is 28.5. The fourth-order valence-corrected chi connectivity index (χ4v) is 4.21. The summed E-state index contributed by atoms with van der Waals surface area (Å²) in [6.45, 7) is 1.03. The maximum atomic E-state index is 12.4. The van der Waals surface area contributed by atoms with Gasteiger partial charge < -0.3 is 9.80 Å². The van der Waals surface area contributed by atoms with Gasteiger partial charge in [-0.15, -0.1) is 4.28 Å². The van der Waals surface area contributed by atoms with E-state index in [1.54, 1.807) is 0 Å². The van der Waals surface area contributed by atoms with E-state index in [1.807, 2.05) is 7.05 Å². The summed E-state index contributed by atoms with van der Waals surface area (Å²) < 4.78 is 34.8. The Morgan fingerprint density at radius 2 is 2.00 bits per heavy atom. The Morgan fingerprint density at radius 3 is 2.63 bits per heavy atom. The Morgan fingerprint density at radius 1 is 1.26 bits per heavy atom. The number of fused-ring (bicyclic) bond motifs is 2. The number of hydrogen-bond acceptors (Lipinski definition) is 7. The molecule has 3 saturated heterocycles. The van der Waals surface area contributed by atoms with Crippen LogP contribution >= 0.6 is 0 Å². The maximum absolute atomic E-state index is 12.4. The first-order valence-corrected chi connectivity index (χ1v) is 10.1. The Hall–Kier alpha value is -1.96. The molecule has 3 heterocycles. The monoisotopic (exact) mass is 405 g/mol. The smallest absolute Gasteiger partial charge is 0.309 e. The summed E-state index contributed by atoms with van der Waals surface area (Å²) in [5.74, 6) is -0.886. The second-order valence-electron chi connectivity index (χ2n) is 7.03. The summed E-state index contributed by atoms with van der Waals surface area (Å²) in [6.07, 6.45) is 2.81. The van der Waals surface area contributed by atoms with Gasteiger partial charge in [-0.3, -0.25) is 25.0 Å². The standard InChI is InChI=1S/C14H23N5O7S/c1-17-6-2-3-9(17)7-12(20)15-16-13(21)11-5-4-10-8-18(11)14(22)19(10)26-27(23,24)25/h9-11H,2-8H2,1H3,(H,15,20)(H,16,21)(H,23,24,25)/t9?,10-,11+/m1/s1. The summed E-state index contributed by atoms with van der Waals surface area (Å²) in [6, 6.07) is -2.12. The minimum atomic E-state index is -4.84. The summed E-state index contributed by atoms with van der Waals surface area (Å²) in [5.41, 5.74) is 4.70. The molecule has 4 amide bonds. The van der Waals surface area contributed by atoms with Crippen LogP contribution in [0.25, 0.3) is 0 Å². The highest BCUT2D eigenvalue weighted by atomic mass is 32.3. The molecule has 152 valence electrons. The van der Waals surface area contributed by atoms with Crippen molar-refractivity contribution in [3.8, 4) is 0 Å². The van der Waals surface area contributed by atoms with E-state index in [2.05, 4.69) is 20.0 Å². The van der Waals surface area contributed by atoms with Crippen LogP contribution < -0.4 is 10.9 Å². The molecule has 3 fully saturated rings. The Labute approximate surface area is 156 Å². The molecule has 3 aliphatic rings. The van der Waals surface area contributed by atoms with E-state index in [9.17, 15) is 22.8 Å². The second kappa shape index (κ2) is 7.58. The third kappa shape index (κ3) is 4.48. The van der Waals surface area contributed by atoms with Crippen molar-refractivity contribution in [1.82, 2.24) is 25.7 Å². The molecule has 1 unspecified atom stereocenters. The van der Waals surface area contributed by atoms with Crippen molar-refractivity contribution < 1.29 is 31.6 Å². The van der Waals surface area contributed by atoms with Crippen molar-refractivity contribution in [2.24, 2.45) is 0 Å². The molecule has 3 atom stereocenters. The average Bonchev–Trinajstić information content (AvgIpc) is 3.09. The largest absolute Gasteiger partial charge is 0.418 e. The number of hydrazine groups is 1. The maximum Gasteiger partial charge on any atom is 0.418 e. The highest BCUT2D eigenvalue weighted by molar-refractivity contribution is 7.80. The van der Waals surface area contributed by atoms with E-state index in [0.717, 1.165) is 24.3 Å². The number of hydrogen-bond donors (Lipinski definition) is 3. The lowest BCUT2D eigenvalue weighted by Gasteiger charge is -2.29. The number of carbonyl (C=O) groups excluding carboxylic acids is 3. The van der Waals surface area contributed by atoms with Gasteiger partial charge in [-0.2, -0.15) is 13.5 Å². The van der Waals surface area contributed by atoms with Crippen LogP contribution in [0.5, 0.6) is 0 Å². The van der Waals surface area contributed by atoms with Gasteiger partial charge in [0.05, 0.1) is 6.04 Å². The highest BCUT2D eigenvalue weighted by Gasteiger charge is 2.49. The molecule has 3 N–H and O–H groups in total. The Bertz CT molecular complexity index is 729. The predicted octanol–water partition coefficient (Wildman–Crippen LogP) is -1.38. The first-order valence-electron chi connectivity index (χ1n) is 8.71. The summed E-state index contributed by atoms with van der Waals surface area (Å²) in [7, 11) is -2.89. The third-order valence-corrected chi connectivity index (χ3v) is 5.57. The fraction of sp³-hybridized carbons (Fsp3) is 0.786. The van der Waals surface area contributed by atoms with Gasteiger partial charge in [0.2, 0.25) is 5.91 Å². The molecule has 3 aliphatic heterocycles. The van der Waals surface area contributed by atoms with E-state index in [0.29, 0.717) is 11.5 Å². The zero-order valence-electron chi connectivity index (χ0n) is 14.8. The predicted molar refractivity (Wildman–Crippen MR) is 89.9 cm³/mol. The molecule has 27 heavy (non-hydrogen) atoms. The third-order valence-electron chi connectivity index (χ3n) is 5.22. The summed E-state index contributed by atoms with van der Waals surface area (Å²) in [4.78, 5) is 39.9. The van der Waals surface area contributed by atoms with E-state index < -0.39 is 34.4 Å². The summed E-state index contributed by atoms with van der Waals surface area (Å²) in [5, 5.41) is 0.567.